The molecule has 1 aromatic heterocycles. The largest absolute Gasteiger partial charge is 0.359 e. The van der Waals surface area contributed by atoms with Crippen molar-refractivity contribution in [3.8, 4) is 0 Å². The normalized spacial score (nSPS) is 11.8. The van der Waals surface area contributed by atoms with Crippen molar-refractivity contribution in [2.45, 2.75) is 18.7 Å². The molecular weight excluding hydrogens is 320 g/mol. The Labute approximate surface area is 134 Å². The molecule has 3 aromatic rings. The standard InChI is InChI=1S/C16H15ClN2O2S/c1-10-8-12-9-13(6-7-15(12)18-10)19-22(20,21)16-5-3-4-14(17)11(16)2/h3-9,18-19H,1-2H3. The van der Waals surface area contributed by atoms with E-state index in [9.17, 15) is 8.42 Å². The second kappa shape index (κ2) is 5.34. The van der Waals surface area contributed by atoms with Crippen LogP contribution >= 0.6 is 11.6 Å². The highest BCUT2D eigenvalue weighted by Gasteiger charge is 2.18. The van der Waals surface area contributed by atoms with E-state index < -0.39 is 10.0 Å². The second-order valence-electron chi connectivity index (χ2n) is 5.22. The van der Waals surface area contributed by atoms with Gasteiger partial charge >= 0.3 is 0 Å². The number of halogens is 1. The lowest BCUT2D eigenvalue weighted by atomic mass is 10.2. The summed E-state index contributed by atoms with van der Waals surface area (Å²) in [5.41, 5.74) is 3.06. The number of aromatic amines is 1. The summed E-state index contributed by atoms with van der Waals surface area (Å²) in [6, 6.07) is 12.2. The van der Waals surface area contributed by atoms with Gasteiger partial charge in [0, 0.05) is 27.3 Å². The maximum absolute atomic E-state index is 12.5. The number of aryl methyl sites for hydroxylation is 1. The number of anilines is 1. The molecule has 0 aliphatic heterocycles. The SMILES string of the molecule is Cc1cc2cc(NS(=O)(=O)c3cccc(Cl)c3C)ccc2[nH]1. The molecule has 4 nitrogen and oxygen atoms in total. The predicted molar refractivity (Wildman–Crippen MR) is 90.0 cm³/mol. The van der Waals surface area contributed by atoms with Crippen molar-refractivity contribution < 1.29 is 8.42 Å². The Morgan fingerprint density at radius 1 is 1.09 bits per heavy atom. The fourth-order valence-corrected chi connectivity index (χ4v) is 3.98. The monoisotopic (exact) mass is 334 g/mol. The number of benzene rings is 2. The summed E-state index contributed by atoms with van der Waals surface area (Å²) in [5.74, 6) is 0. The third-order valence-electron chi connectivity index (χ3n) is 3.52. The van der Waals surface area contributed by atoms with Crippen LogP contribution in [0.3, 0.4) is 0 Å². The zero-order valence-electron chi connectivity index (χ0n) is 12.1. The molecule has 0 unspecified atom stereocenters. The molecule has 0 atom stereocenters. The molecule has 0 fully saturated rings. The van der Waals surface area contributed by atoms with Gasteiger partial charge in [-0.05, 0) is 55.8 Å². The van der Waals surface area contributed by atoms with Crippen molar-refractivity contribution in [3.63, 3.8) is 0 Å². The molecule has 2 N–H and O–H groups in total. The van der Waals surface area contributed by atoms with Crippen LogP contribution in [0.5, 0.6) is 0 Å². The summed E-state index contributed by atoms with van der Waals surface area (Å²) in [4.78, 5) is 3.39. The fourth-order valence-electron chi connectivity index (χ4n) is 2.43. The number of hydrogen-bond acceptors (Lipinski definition) is 2. The van der Waals surface area contributed by atoms with Gasteiger partial charge in [-0.2, -0.15) is 0 Å². The van der Waals surface area contributed by atoms with Crippen molar-refractivity contribution in [3.05, 3.63) is 58.7 Å². The Morgan fingerprint density at radius 3 is 2.64 bits per heavy atom. The van der Waals surface area contributed by atoms with Crippen LogP contribution in [0.25, 0.3) is 10.9 Å². The third kappa shape index (κ3) is 2.69. The molecule has 1 heterocycles. The van der Waals surface area contributed by atoms with Crippen molar-refractivity contribution >= 4 is 38.2 Å². The van der Waals surface area contributed by atoms with Crippen LogP contribution < -0.4 is 4.72 Å². The van der Waals surface area contributed by atoms with Crippen molar-refractivity contribution in [2.24, 2.45) is 0 Å². The minimum absolute atomic E-state index is 0.186. The lowest BCUT2D eigenvalue weighted by molar-refractivity contribution is 0.600. The molecule has 0 bridgehead atoms. The molecule has 22 heavy (non-hydrogen) atoms. The molecule has 0 saturated heterocycles. The van der Waals surface area contributed by atoms with E-state index in [2.05, 4.69) is 9.71 Å². The summed E-state index contributed by atoms with van der Waals surface area (Å²) in [6.45, 7) is 3.65. The average Bonchev–Trinajstić information content (AvgIpc) is 2.80. The Bertz CT molecular complexity index is 961. The highest BCUT2D eigenvalue weighted by Crippen LogP contribution is 2.26. The van der Waals surface area contributed by atoms with Gasteiger partial charge in [0.25, 0.3) is 10.0 Å². The Hall–Kier alpha value is -1.98. The first-order valence-corrected chi connectivity index (χ1v) is 8.60. The van der Waals surface area contributed by atoms with E-state index in [-0.39, 0.29) is 4.90 Å². The summed E-state index contributed by atoms with van der Waals surface area (Å²) >= 11 is 6.01. The van der Waals surface area contributed by atoms with Crippen molar-refractivity contribution in [2.75, 3.05) is 4.72 Å². The molecule has 6 heteroatoms. The second-order valence-corrected chi connectivity index (χ2v) is 7.28. The average molecular weight is 335 g/mol. The zero-order valence-corrected chi connectivity index (χ0v) is 13.7. The number of fused-ring (bicyclic) bond motifs is 1. The molecule has 0 aliphatic rings. The highest BCUT2D eigenvalue weighted by molar-refractivity contribution is 7.92. The van der Waals surface area contributed by atoms with Crippen molar-refractivity contribution in [1.29, 1.82) is 0 Å². The van der Waals surface area contributed by atoms with Crippen LogP contribution in [0, 0.1) is 13.8 Å². The number of hydrogen-bond donors (Lipinski definition) is 2. The highest BCUT2D eigenvalue weighted by atomic mass is 35.5. The maximum Gasteiger partial charge on any atom is 0.262 e. The topological polar surface area (TPSA) is 62.0 Å². The van der Waals surface area contributed by atoms with Gasteiger partial charge in [0.15, 0.2) is 0 Å². The summed E-state index contributed by atoms with van der Waals surface area (Å²) in [5, 5.41) is 1.39. The van der Waals surface area contributed by atoms with E-state index in [0.717, 1.165) is 16.6 Å². The zero-order chi connectivity index (χ0) is 15.9. The van der Waals surface area contributed by atoms with Crippen LogP contribution in [-0.2, 0) is 10.0 Å². The van der Waals surface area contributed by atoms with Gasteiger partial charge in [-0.1, -0.05) is 17.7 Å². The van der Waals surface area contributed by atoms with Gasteiger partial charge in [0.2, 0.25) is 0 Å². The lowest BCUT2D eigenvalue weighted by Crippen LogP contribution is -2.14. The summed E-state index contributed by atoms with van der Waals surface area (Å²) in [6.07, 6.45) is 0. The third-order valence-corrected chi connectivity index (χ3v) is 5.45. The molecule has 3 rings (SSSR count). The molecular formula is C16H15ClN2O2S. The molecule has 0 saturated carbocycles. The quantitative estimate of drug-likeness (QED) is 0.752. The molecule has 0 aliphatic carbocycles. The first-order valence-electron chi connectivity index (χ1n) is 6.74. The Morgan fingerprint density at radius 2 is 1.86 bits per heavy atom. The lowest BCUT2D eigenvalue weighted by Gasteiger charge is -2.11. The van der Waals surface area contributed by atoms with Crippen LogP contribution in [0.1, 0.15) is 11.3 Å². The molecule has 0 amide bonds. The number of sulfonamides is 1. The van der Waals surface area contributed by atoms with E-state index >= 15 is 0 Å². The molecule has 0 spiro atoms. The van der Waals surface area contributed by atoms with Crippen LogP contribution in [0.2, 0.25) is 5.02 Å². The molecule has 114 valence electrons. The Kier molecular flexibility index (Phi) is 3.62. The maximum atomic E-state index is 12.5. The van der Waals surface area contributed by atoms with Gasteiger partial charge < -0.3 is 4.98 Å². The summed E-state index contributed by atoms with van der Waals surface area (Å²) < 4.78 is 27.7. The molecule has 2 aromatic carbocycles. The smallest absolute Gasteiger partial charge is 0.262 e. The first kappa shape index (κ1) is 14.9. The molecule has 0 radical (unpaired) electrons. The van der Waals surface area contributed by atoms with Gasteiger partial charge in [0.05, 0.1) is 4.90 Å². The van der Waals surface area contributed by atoms with Crippen LogP contribution in [0.15, 0.2) is 47.4 Å². The minimum atomic E-state index is -3.67. The van der Waals surface area contributed by atoms with E-state index in [4.69, 9.17) is 11.6 Å². The number of nitrogens with one attached hydrogen (secondary N) is 2. The fraction of sp³-hybridized carbons (Fsp3) is 0.125. The summed E-state index contributed by atoms with van der Waals surface area (Å²) in [7, 11) is -3.67. The van der Waals surface area contributed by atoms with Crippen molar-refractivity contribution in [1.82, 2.24) is 4.98 Å². The van der Waals surface area contributed by atoms with E-state index in [1.807, 2.05) is 19.1 Å². The number of aromatic nitrogens is 1. The first-order chi connectivity index (χ1) is 10.4. The van der Waals surface area contributed by atoms with Gasteiger partial charge in [-0.15, -0.1) is 0 Å². The number of rotatable bonds is 3. The predicted octanol–water partition coefficient (Wildman–Crippen LogP) is 4.24. The minimum Gasteiger partial charge on any atom is -0.359 e. The van der Waals surface area contributed by atoms with Crippen LogP contribution in [0.4, 0.5) is 5.69 Å². The van der Waals surface area contributed by atoms with E-state index in [0.29, 0.717) is 16.3 Å². The number of H-pyrrole nitrogens is 1. The van der Waals surface area contributed by atoms with E-state index in [1.54, 1.807) is 37.3 Å². The van der Waals surface area contributed by atoms with Gasteiger partial charge in [-0.3, -0.25) is 4.72 Å². The van der Waals surface area contributed by atoms with E-state index in [1.165, 1.54) is 0 Å². The van der Waals surface area contributed by atoms with Crippen LogP contribution in [-0.4, -0.2) is 13.4 Å². The van der Waals surface area contributed by atoms with Gasteiger partial charge in [0.1, 0.15) is 0 Å². The van der Waals surface area contributed by atoms with Gasteiger partial charge in [-0.25, -0.2) is 8.42 Å². The Balaban J connectivity index is 2.00.